The van der Waals surface area contributed by atoms with Gasteiger partial charge in [-0.25, -0.2) is 8.42 Å². The first kappa shape index (κ1) is 22.6. The van der Waals surface area contributed by atoms with E-state index in [4.69, 9.17) is 20.5 Å². The van der Waals surface area contributed by atoms with E-state index in [1.54, 1.807) is 37.3 Å². The van der Waals surface area contributed by atoms with Gasteiger partial charge in [-0.3, -0.25) is 14.4 Å². The minimum atomic E-state index is -4.24. The Kier molecular flexibility index (Phi) is 5.96. The van der Waals surface area contributed by atoms with E-state index in [1.807, 2.05) is 13.0 Å². The van der Waals surface area contributed by atoms with Crippen LogP contribution in [0.15, 0.2) is 74.7 Å². The molecule has 0 spiro atoms. The van der Waals surface area contributed by atoms with Crippen molar-refractivity contribution in [2.24, 2.45) is 0 Å². The van der Waals surface area contributed by atoms with Crippen LogP contribution in [0.25, 0.3) is 11.5 Å². The summed E-state index contributed by atoms with van der Waals surface area (Å²) in [6, 6.07) is 13.6. The molecule has 0 aliphatic rings. The lowest BCUT2D eigenvalue weighted by atomic mass is 10.1. The van der Waals surface area contributed by atoms with Gasteiger partial charge in [-0.1, -0.05) is 34.5 Å². The number of nitro benzene ring substituents is 1. The van der Waals surface area contributed by atoms with Crippen molar-refractivity contribution in [2.45, 2.75) is 25.3 Å². The van der Waals surface area contributed by atoms with Crippen LogP contribution in [0.3, 0.4) is 0 Å². The fourth-order valence-electron chi connectivity index (χ4n) is 3.37. The average molecular weight is 488 g/mol. The van der Waals surface area contributed by atoms with E-state index in [9.17, 15) is 18.5 Å². The Hall–Kier alpha value is -3.63. The molecule has 2 aromatic heterocycles. The van der Waals surface area contributed by atoms with Crippen LogP contribution in [0.1, 0.15) is 16.8 Å². The van der Waals surface area contributed by atoms with E-state index >= 15 is 0 Å². The highest BCUT2D eigenvalue weighted by molar-refractivity contribution is 7.92. The van der Waals surface area contributed by atoms with Gasteiger partial charge in [0.1, 0.15) is 10.7 Å². The summed E-state index contributed by atoms with van der Waals surface area (Å²) in [6.07, 6.45) is 1.48. The molecular formula is C22H18ClN3O6S. The molecular weight excluding hydrogens is 470 g/mol. The van der Waals surface area contributed by atoms with Gasteiger partial charge in [0.15, 0.2) is 5.76 Å². The average Bonchev–Trinajstić information content (AvgIpc) is 3.44. The van der Waals surface area contributed by atoms with Gasteiger partial charge < -0.3 is 8.94 Å². The maximum absolute atomic E-state index is 13.7. The summed E-state index contributed by atoms with van der Waals surface area (Å²) in [5, 5.41) is 15.1. The second kappa shape index (κ2) is 8.72. The number of hydrogen-bond acceptors (Lipinski definition) is 7. The molecule has 0 fully saturated rings. The van der Waals surface area contributed by atoms with Crippen LogP contribution in [0.5, 0.6) is 0 Å². The normalized spacial score (nSPS) is 11.5. The fraction of sp³-hybridized carbons (Fsp3) is 0.136. The zero-order chi connectivity index (χ0) is 23.8. The molecule has 4 rings (SSSR count). The summed E-state index contributed by atoms with van der Waals surface area (Å²) in [5.41, 5.74) is 1.89. The van der Waals surface area contributed by atoms with Gasteiger partial charge >= 0.3 is 0 Å². The van der Waals surface area contributed by atoms with Gasteiger partial charge in [-0.2, -0.15) is 0 Å². The summed E-state index contributed by atoms with van der Waals surface area (Å²) >= 11 is 5.88. The topological polar surface area (TPSA) is 120 Å². The molecule has 0 amide bonds. The number of sulfonamides is 1. The molecule has 0 aliphatic heterocycles. The lowest BCUT2D eigenvalue weighted by molar-refractivity contribution is -0.384. The summed E-state index contributed by atoms with van der Waals surface area (Å²) < 4.78 is 39.1. The Balaban J connectivity index is 1.81. The molecule has 33 heavy (non-hydrogen) atoms. The fourth-order valence-corrected chi connectivity index (χ4v) is 5.08. The van der Waals surface area contributed by atoms with Gasteiger partial charge in [0.25, 0.3) is 15.7 Å². The highest BCUT2D eigenvalue weighted by Gasteiger charge is 2.30. The number of rotatable bonds is 7. The van der Waals surface area contributed by atoms with Crippen molar-refractivity contribution in [1.82, 2.24) is 5.16 Å². The predicted molar refractivity (Wildman–Crippen MR) is 122 cm³/mol. The van der Waals surface area contributed by atoms with Gasteiger partial charge in [0, 0.05) is 12.1 Å². The van der Waals surface area contributed by atoms with Crippen molar-refractivity contribution in [3.8, 4) is 11.5 Å². The molecule has 170 valence electrons. The van der Waals surface area contributed by atoms with Crippen LogP contribution in [0.2, 0.25) is 5.02 Å². The third-order valence-corrected chi connectivity index (χ3v) is 7.03. The highest BCUT2D eigenvalue weighted by atomic mass is 35.5. The Labute approximate surface area is 194 Å². The third kappa shape index (κ3) is 4.48. The number of aryl methyl sites for hydroxylation is 2. The lowest BCUT2D eigenvalue weighted by Gasteiger charge is -2.25. The zero-order valence-corrected chi connectivity index (χ0v) is 19.1. The van der Waals surface area contributed by atoms with E-state index in [0.717, 1.165) is 15.9 Å². The maximum atomic E-state index is 13.7. The Morgan fingerprint density at radius 2 is 1.88 bits per heavy atom. The number of furan rings is 1. The highest BCUT2D eigenvalue weighted by Crippen LogP contribution is 2.33. The number of nitrogens with zero attached hydrogens (tertiary/aromatic N) is 3. The van der Waals surface area contributed by atoms with E-state index in [2.05, 4.69) is 5.16 Å². The first-order valence-electron chi connectivity index (χ1n) is 9.70. The van der Waals surface area contributed by atoms with Crippen molar-refractivity contribution < 1.29 is 22.3 Å². The van der Waals surface area contributed by atoms with Gasteiger partial charge in [-0.05, 0) is 49.7 Å². The maximum Gasteiger partial charge on any atom is 0.289 e. The number of halogens is 1. The molecule has 0 N–H and O–H groups in total. The molecule has 11 heteroatoms. The number of hydrogen-bond donors (Lipinski definition) is 0. The van der Waals surface area contributed by atoms with Crippen LogP contribution < -0.4 is 4.31 Å². The minimum absolute atomic E-state index is 0.156. The standard InChI is InChI=1S/C22H18ClN3O6S/c1-14-5-8-19(15(2)10-14)25(13-16-11-22(32-24-16)21-4-3-9-31-21)33(29,30)17-6-7-18(23)20(12-17)26(27)28/h3-12H,13H2,1-2H3. The number of nitro groups is 1. The Morgan fingerprint density at radius 1 is 1.09 bits per heavy atom. The SMILES string of the molecule is Cc1ccc(N(Cc2cc(-c3ccco3)on2)S(=O)(=O)c2ccc(Cl)c([N+](=O)[O-])c2)c(C)c1. The van der Waals surface area contributed by atoms with Gasteiger partial charge in [0.2, 0.25) is 5.76 Å². The third-order valence-electron chi connectivity index (χ3n) is 4.95. The van der Waals surface area contributed by atoms with Crippen molar-refractivity contribution >= 4 is 33.0 Å². The van der Waals surface area contributed by atoms with Crippen LogP contribution in [-0.4, -0.2) is 18.5 Å². The molecule has 4 aromatic rings. The van der Waals surface area contributed by atoms with E-state index < -0.39 is 20.6 Å². The van der Waals surface area contributed by atoms with Gasteiger partial charge in [-0.15, -0.1) is 0 Å². The van der Waals surface area contributed by atoms with Crippen LogP contribution >= 0.6 is 11.6 Å². The number of aromatic nitrogens is 1. The summed E-state index contributed by atoms with van der Waals surface area (Å²) in [6.45, 7) is 3.50. The first-order valence-corrected chi connectivity index (χ1v) is 11.5. The summed E-state index contributed by atoms with van der Waals surface area (Å²) in [4.78, 5) is 10.3. The molecule has 0 aliphatic carbocycles. The zero-order valence-electron chi connectivity index (χ0n) is 17.6. The smallest absolute Gasteiger partial charge is 0.289 e. The Morgan fingerprint density at radius 3 is 2.55 bits per heavy atom. The number of anilines is 1. The van der Waals surface area contributed by atoms with Gasteiger partial charge in [0.05, 0.1) is 28.3 Å². The molecule has 0 unspecified atom stereocenters. The predicted octanol–water partition coefficient (Wildman–Crippen LogP) is 5.51. The number of benzene rings is 2. The molecule has 0 bridgehead atoms. The monoisotopic (exact) mass is 487 g/mol. The van der Waals surface area contributed by atoms with Crippen molar-refractivity contribution in [2.75, 3.05) is 4.31 Å². The van der Waals surface area contributed by atoms with Crippen molar-refractivity contribution in [3.05, 3.63) is 92.8 Å². The second-order valence-corrected chi connectivity index (χ2v) is 9.60. The second-order valence-electron chi connectivity index (χ2n) is 7.33. The van der Waals surface area contributed by atoms with E-state index in [1.165, 1.54) is 18.4 Å². The van der Waals surface area contributed by atoms with E-state index in [0.29, 0.717) is 28.5 Å². The molecule has 2 heterocycles. The molecule has 0 saturated carbocycles. The first-order chi connectivity index (χ1) is 15.7. The van der Waals surface area contributed by atoms with Crippen LogP contribution in [0, 0.1) is 24.0 Å². The molecule has 0 saturated heterocycles. The quantitative estimate of drug-likeness (QED) is 0.249. The van der Waals surface area contributed by atoms with E-state index in [-0.39, 0.29) is 16.5 Å². The minimum Gasteiger partial charge on any atom is -0.461 e. The molecule has 2 aromatic carbocycles. The van der Waals surface area contributed by atoms with Crippen LogP contribution in [-0.2, 0) is 16.6 Å². The molecule has 0 radical (unpaired) electrons. The summed E-state index contributed by atoms with van der Waals surface area (Å²) in [5.74, 6) is 0.790. The van der Waals surface area contributed by atoms with Crippen LogP contribution in [0.4, 0.5) is 11.4 Å². The largest absolute Gasteiger partial charge is 0.461 e. The van der Waals surface area contributed by atoms with Crippen molar-refractivity contribution in [1.29, 1.82) is 0 Å². The summed E-state index contributed by atoms with van der Waals surface area (Å²) in [7, 11) is -4.24. The Bertz CT molecular complexity index is 1430. The molecule has 0 atom stereocenters. The van der Waals surface area contributed by atoms with Crippen molar-refractivity contribution in [3.63, 3.8) is 0 Å². The molecule has 9 nitrogen and oxygen atoms in total. The lowest BCUT2D eigenvalue weighted by Crippen LogP contribution is -2.31.